The van der Waals surface area contributed by atoms with Gasteiger partial charge in [0.05, 0.1) is 27.3 Å². The van der Waals surface area contributed by atoms with Crippen molar-refractivity contribution in [1.82, 2.24) is 9.78 Å². The number of thiophene rings is 1. The third-order valence-corrected chi connectivity index (χ3v) is 6.87. The first-order valence-corrected chi connectivity index (χ1v) is 12.2. The second-order valence-corrected chi connectivity index (χ2v) is 9.45. The molecular weight excluding hydrogens is 534 g/mol. The van der Waals surface area contributed by atoms with Gasteiger partial charge < -0.3 is 10.4 Å². The first-order valence-electron chi connectivity index (χ1n) is 11.4. The number of hydrogen-bond acceptors (Lipinski definition) is 4. The molecule has 0 saturated heterocycles. The number of aromatic carboxylic acids is 1. The van der Waals surface area contributed by atoms with Gasteiger partial charge in [-0.25, -0.2) is 13.9 Å². The predicted molar refractivity (Wildman–Crippen MR) is 139 cm³/mol. The molecule has 0 aliphatic carbocycles. The van der Waals surface area contributed by atoms with Crippen LogP contribution < -0.4 is 5.32 Å². The van der Waals surface area contributed by atoms with E-state index in [1.165, 1.54) is 29.1 Å². The van der Waals surface area contributed by atoms with Crippen molar-refractivity contribution in [2.45, 2.75) is 6.18 Å². The summed E-state index contributed by atoms with van der Waals surface area (Å²) >= 11 is 1.06. The highest BCUT2D eigenvalue weighted by molar-refractivity contribution is 7.18. The molecule has 6 nitrogen and oxygen atoms in total. The van der Waals surface area contributed by atoms with Crippen molar-refractivity contribution in [3.05, 3.63) is 114 Å². The average Bonchev–Trinajstić information content (AvgIpc) is 3.57. The molecule has 0 bridgehead atoms. The van der Waals surface area contributed by atoms with Crippen LogP contribution in [0.2, 0.25) is 0 Å². The molecule has 2 N–H and O–H groups in total. The van der Waals surface area contributed by atoms with E-state index >= 15 is 0 Å². The predicted octanol–water partition coefficient (Wildman–Crippen LogP) is 7.38. The number of nitrogens with zero attached hydrogens (tertiary/aromatic N) is 2. The summed E-state index contributed by atoms with van der Waals surface area (Å²) in [4.78, 5) is 25.5. The molecule has 0 radical (unpaired) electrons. The maximum absolute atomic E-state index is 14.6. The van der Waals surface area contributed by atoms with Crippen molar-refractivity contribution >= 4 is 28.9 Å². The number of carbonyl (C=O) groups is 2. The van der Waals surface area contributed by atoms with Gasteiger partial charge in [-0.15, -0.1) is 11.3 Å². The van der Waals surface area contributed by atoms with Crippen molar-refractivity contribution in [3.8, 4) is 26.7 Å². The zero-order chi connectivity index (χ0) is 27.7. The average molecular weight is 552 g/mol. The normalized spacial score (nSPS) is 11.4. The summed E-state index contributed by atoms with van der Waals surface area (Å²) in [6.45, 7) is 0. The standard InChI is InChI=1S/C28H17F4N3O3S/c29-22-14-17(28(30,31)32)9-10-20(22)23-11-12-24(39-23)25-21(15-35(34-25)19-7-2-1-3-8-19)26(36)33-18-6-4-5-16(13-18)27(37)38/h1-15H,(H,33,36)(H,37,38). The molecule has 2 heterocycles. The van der Waals surface area contributed by atoms with Gasteiger partial charge >= 0.3 is 12.1 Å². The number of benzene rings is 3. The number of anilines is 1. The molecule has 0 saturated carbocycles. The quantitative estimate of drug-likeness (QED) is 0.216. The molecule has 1 amide bonds. The molecule has 0 aliphatic rings. The van der Waals surface area contributed by atoms with E-state index in [0.29, 0.717) is 21.5 Å². The molecular formula is C28H17F4N3O3S. The monoisotopic (exact) mass is 551 g/mol. The van der Waals surface area contributed by atoms with Gasteiger partial charge in [0.25, 0.3) is 5.91 Å². The smallest absolute Gasteiger partial charge is 0.416 e. The van der Waals surface area contributed by atoms with Gasteiger partial charge in [-0.05, 0) is 54.6 Å². The molecule has 39 heavy (non-hydrogen) atoms. The van der Waals surface area contributed by atoms with Crippen LogP contribution in [0.25, 0.3) is 26.7 Å². The Labute approximate surface area is 222 Å². The molecule has 0 aliphatic heterocycles. The number of rotatable bonds is 6. The molecule has 0 atom stereocenters. The fraction of sp³-hybridized carbons (Fsp3) is 0.0357. The van der Waals surface area contributed by atoms with Crippen LogP contribution in [0.3, 0.4) is 0 Å². The molecule has 0 spiro atoms. The highest BCUT2D eigenvalue weighted by Crippen LogP contribution is 2.38. The van der Waals surface area contributed by atoms with Gasteiger partial charge in [-0.1, -0.05) is 30.3 Å². The van der Waals surface area contributed by atoms with E-state index in [9.17, 15) is 32.3 Å². The lowest BCUT2D eigenvalue weighted by Gasteiger charge is -2.08. The van der Waals surface area contributed by atoms with Crippen molar-refractivity contribution in [1.29, 1.82) is 0 Å². The fourth-order valence-electron chi connectivity index (χ4n) is 3.86. The Kier molecular flexibility index (Phi) is 6.75. The Morgan fingerprint density at radius 1 is 0.897 bits per heavy atom. The molecule has 2 aromatic heterocycles. The number of para-hydroxylation sites is 1. The van der Waals surface area contributed by atoms with Crippen LogP contribution in [-0.2, 0) is 6.18 Å². The van der Waals surface area contributed by atoms with Crippen LogP contribution in [0.1, 0.15) is 26.3 Å². The van der Waals surface area contributed by atoms with Gasteiger partial charge in [0.2, 0.25) is 0 Å². The van der Waals surface area contributed by atoms with Crippen molar-refractivity contribution in [2.75, 3.05) is 5.32 Å². The first kappa shape index (κ1) is 25.9. The van der Waals surface area contributed by atoms with Gasteiger partial charge in [0.15, 0.2) is 0 Å². The molecule has 0 fully saturated rings. The number of halogens is 4. The van der Waals surface area contributed by atoms with Crippen LogP contribution in [-0.4, -0.2) is 26.8 Å². The number of aromatic nitrogens is 2. The van der Waals surface area contributed by atoms with E-state index < -0.39 is 29.4 Å². The van der Waals surface area contributed by atoms with Crippen molar-refractivity contribution in [2.24, 2.45) is 0 Å². The fourth-order valence-corrected chi connectivity index (χ4v) is 4.90. The molecule has 3 aromatic carbocycles. The summed E-state index contributed by atoms with van der Waals surface area (Å²) in [7, 11) is 0. The van der Waals surface area contributed by atoms with Crippen LogP contribution in [0.15, 0.2) is 91.1 Å². The van der Waals surface area contributed by atoms with E-state index in [1.807, 2.05) is 6.07 Å². The van der Waals surface area contributed by atoms with Crippen LogP contribution in [0.5, 0.6) is 0 Å². The topological polar surface area (TPSA) is 84.2 Å². The van der Waals surface area contributed by atoms with Crippen LogP contribution in [0, 0.1) is 5.82 Å². The minimum atomic E-state index is -4.67. The van der Waals surface area contributed by atoms with Gasteiger partial charge in [0.1, 0.15) is 11.5 Å². The van der Waals surface area contributed by atoms with Crippen LogP contribution in [0.4, 0.5) is 23.2 Å². The summed E-state index contributed by atoms with van der Waals surface area (Å²) in [6, 6.07) is 20.2. The minimum Gasteiger partial charge on any atom is -0.478 e. The largest absolute Gasteiger partial charge is 0.478 e. The Bertz CT molecular complexity index is 1690. The molecule has 0 unspecified atom stereocenters. The zero-order valence-corrected chi connectivity index (χ0v) is 20.6. The number of nitrogens with one attached hydrogen (secondary N) is 1. The van der Waals surface area contributed by atoms with E-state index in [2.05, 4.69) is 10.4 Å². The number of alkyl halides is 3. The van der Waals surface area contributed by atoms with E-state index in [-0.39, 0.29) is 28.1 Å². The second kappa shape index (κ2) is 10.2. The highest BCUT2D eigenvalue weighted by atomic mass is 32.1. The molecule has 11 heteroatoms. The lowest BCUT2D eigenvalue weighted by molar-refractivity contribution is -0.137. The van der Waals surface area contributed by atoms with Gasteiger partial charge in [0, 0.05) is 22.3 Å². The summed E-state index contributed by atoms with van der Waals surface area (Å²) in [6.07, 6.45) is -3.16. The number of amides is 1. The van der Waals surface area contributed by atoms with Gasteiger partial charge in [-0.3, -0.25) is 4.79 Å². The Morgan fingerprint density at radius 2 is 1.64 bits per heavy atom. The van der Waals surface area contributed by atoms with E-state index in [4.69, 9.17) is 0 Å². The maximum atomic E-state index is 14.6. The molecule has 5 rings (SSSR count). The lowest BCUT2D eigenvalue weighted by Crippen LogP contribution is -2.12. The van der Waals surface area contributed by atoms with E-state index in [1.54, 1.807) is 42.5 Å². The zero-order valence-electron chi connectivity index (χ0n) is 19.7. The summed E-state index contributed by atoms with van der Waals surface area (Å²) in [5.74, 6) is -2.74. The molecule has 196 valence electrons. The van der Waals surface area contributed by atoms with Crippen molar-refractivity contribution < 1.29 is 32.3 Å². The van der Waals surface area contributed by atoms with Crippen LogP contribution >= 0.6 is 11.3 Å². The Balaban J connectivity index is 1.53. The van der Waals surface area contributed by atoms with Gasteiger partial charge in [-0.2, -0.15) is 18.3 Å². The Morgan fingerprint density at radius 3 is 2.33 bits per heavy atom. The number of hydrogen-bond donors (Lipinski definition) is 2. The number of carboxylic acid groups (broad SMARTS) is 1. The number of carbonyl (C=O) groups excluding carboxylic acids is 1. The lowest BCUT2D eigenvalue weighted by atomic mass is 10.1. The maximum Gasteiger partial charge on any atom is 0.416 e. The third-order valence-electron chi connectivity index (χ3n) is 5.75. The Hall–Kier alpha value is -4.77. The number of carboxylic acids is 1. The summed E-state index contributed by atoms with van der Waals surface area (Å²) in [5.41, 5.74) is 0.226. The summed E-state index contributed by atoms with van der Waals surface area (Å²) < 4.78 is 55.0. The van der Waals surface area contributed by atoms with Crippen molar-refractivity contribution in [3.63, 3.8) is 0 Å². The molecule has 5 aromatic rings. The minimum absolute atomic E-state index is 0.00512. The first-order chi connectivity index (χ1) is 18.6. The second-order valence-electron chi connectivity index (χ2n) is 8.37. The van der Waals surface area contributed by atoms with E-state index in [0.717, 1.165) is 23.5 Å². The highest BCUT2D eigenvalue weighted by Gasteiger charge is 2.31. The summed E-state index contributed by atoms with van der Waals surface area (Å²) in [5, 5.41) is 16.5. The SMILES string of the molecule is O=C(O)c1cccc(NC(=O)c2cn(-c3ccccc3)nc2-c2ccc(-c3ccc(C(F)(F)F)cc3F)s2)c1. The third kappa shape index (κ3) is 5.43.